The fourth-order valence-corrected chi connectivity index (χ4v) is 1.78. The molecule has 106 valence electrons. The zero-order valence-electron chi connectivity index (χ0n) is 11.4. The summed E-state index contributed by atoms with van der Waals surface area (Å²) in [6.07, 6.45) is 1.12. The van der Waals surface area contributed by atoms with E-state index < -0.39 is 0 Å². The summed E-state index contributed by atoms with van der Waals surface area (Å²) in [6.45, 7) is 10.1. The van der Waals surface area contributed by atoms with Crippen molar-refractivity contribution < 1.29 is 0 Å². The first kappa shape index (κ1) is 20.0. The van der Waals surface area contributed by atoms with E-state index in [-0.39, 0.29) is 24.8 Å². The Bertz CT molecular complexity index is 264. The summed E-state index contributed by atoms with van der Waals surface area (Å²) < 4.78 is 0. The molecule has 4 heteroatoms. The van der Waals surface area contributed by atoms with Crippen molar-refractivity contribution in [1.29, 1.82) is 0 Å². The van der Waals surface area contributed by atoms with Crippen LogP contribution in [0.3, 0.4) is 0 Å². The maximum Gasteiger partial charge on any atom is 0.0107 e. The lowest BCUT2D eigenvalue weighted by Gasteiger charge is -2.17. The maximum absolute atomic E-state index is 3.49. The summed E-state index contributed by atoms with van der Waals surface area (Å²) in [6, 6.07) is 10.6. The minimum Gasteiger partial charge on any atom is -0.315 e. The van der Waals surface area contributed by atoms with E-state index in [2.05, 4.69) is 54.4 Å². The van der Waals surface area contributed by atoms with Crippen molar-refractivity contribution in [2.24, 2.45) is 0 Å². The molecule has 1 N–H and O–H groups in total. The monoisotopic (exact) mass is 292 g/mol. The van der Waals surface area contributed by atoms with Crippen LogP contribution in [-0.4, -0.2) is 37.6 Å². The fourth-order valence-electron chi connectivity index (χ4n) is 1.78. The van der Waals surface area contributed by atoms with Crippen molar-refractivity contribution in [1.82, 2.24) is 10.2 Å². The molecule has 0 saturated heterocycles. The van der Waals surface area contributed by atoms with Crippen molar-refractivity contribution in [3.8, 4) is 0 Å². The van der Waals surface area contributed by atoms with Crippen molar-refractivity contribution in [2.45, 2.75) is 20.3 Å². The summed E-state index contributed by atoms with van der Waals surface area (Å²) in [7, 11) is 0. The number of hydrogen-bond donors (Lipinski definition) is 1. The second-order valence-electron chi connectivity index (χ2n) is 4.01. The molecule has 0 heterocycles. The molecule has 1 aromatic rings. The molecule has 0 bridgehead atoms. The third kappa shape index (κ3) is 8.76. The predicted molar refractivity (Wildman–Crippen MR) is 85.3 cm³/mol. The van der Waals surface area contributed by atoms with E-state index in [0.717, 1.165) is 39.1 Å². The molecule has 0 radical (unpaired) electrons. The largest absolute Gasteiger partial charge is 0.315 e. The van der Waals surface area contributed by atoms with Gasteiger partial charge in [-0.15, -0.1) is 24.8 Å². The Hall–Kier alpha value is -0.280. The van der Waals surface area contributed by atoms with E-state index in [0.29, 0.717) is 0 Å². The number of nitrogens with one attached hydrogen (secondary N) is 1. The molecule has 0 unspecified atom stereocenters. The molecule has 0 amide bonds. The first-order valence-electron chi connectivity index (χ1n) is 6.33. The molecule has 0 spiro atoms. The van der Waals surface area contributed by atoms with Gasteiger partial charge in [0.2, 0.25) is 0 Å². The molecule has 0 fully saturated rings. The highest BCUT2D eigenvalue weighted by Gasteiger charge is 1.97. The molecule has 1 rings (SSSR count). The van der Waals surface area contributed by atoms with Gasteiger partial charge in [0, 0.05) is 13.1 Å². The zero-order chi connectivity index (χ0) is 11.6. The number of likely N-dealkylation sites (N-methyl/N-ethyl adjacent to an activating group) is 1. The van der Waals surface area contributed by atoms with Gasteiger partial charge < -0.3 is 10.2 Å². The second-order valence-corrected chi connectivity index (χ2v) is 4.01. The molecule has 0 aliphatic rings. The van der Waals surface area contributed by atoms with Crippen molar-refractivity contribution in [3.63, 3.8) is 0 Å². The molecule has 0 atom stereocenters. The van der Waals surface area contributed by atoms with E-state index in [1.165, 1.54) is 5.56 Å². The SMILES string of the molecule is CCN(CC)CCNCCc1ccccc1.Cl.Cl. The van der Waals surface area contributed by atoms with Gasteiger partial charge in [-0.1, -0.05) is 44.2 Å². The normalized spacial score (nSPS) is 9.72. The highest BCUT2D eigenvalue weighted by molar-refractivity contribution is 5.85. The highest BCUT2D eigenvalue weighted by Crippen LogP contribution is 1.97. The Morgan fingerprint density at radius 1 is 0.944 bits per heavy atom. The van der Waals surface area contributed by atoms with Crippen LogP contribution in [0.1, 0.15) is 19.4 Å². The van der Waals surface area contributed by atoms with Crippen LogP contribution < -0.4 is 5.32 Å². The summed E-state index contributed by atoms with van der Waals surface area (Å²) >= 11 is 0. The average Bonchev–Trinajstić information content (AvgIpc) is 2.35. The summed E-state index contributed by atoms with van der Waals surface area (Å²) in [5.74, 6) is 0. The van der Waals surface area contributed by atoms with Crippen molar-refractivity contribution in [2.75, 3.05) is 32.7 Å². The van der Waals surface area contributed by atoms with Gasteiger partial charge in [-0.2, -0.15) is 0 Å². The van der Waals surface area contributed by atoms with Gasteiger partial charge in [0.1, 0.15) is 0 Å². The van der Waals surface area contributed by atoms with E-state index in [9.17, 15) is 0 Å². The van der Waals surface area contributed by atoms with Crippen LogP contribution in [0, 0.1) is 0 Å². The van der Waals surface area contributed by atoms with E-state index in [1.807, 2.05) is 0 Å². The molecule has 2 nitrogen and oxygen atoms in total. The van der Waals surface area contributed by atoms with Crippen molar-refractivity contribution >= 4 is 24.8 Å². The maximum atomic E-state index is 3.49. The zero-order valence-corrected chi connectivity index (χ0v) is 13.0. The molecule has 1 aromatic carbocycles. The van der Waals surface area contributed by atoms with Crippen LogP contribution in [0.4, 0.5) is 0 Å². The fraction of sp³-hybridized carbons (Fsp3) is 0.571. The first-order chi connectivity index (χ1) is 7.86. The van der Waals surface area contributed by atoms with Gasteiger partial charge >= 0.3 is 0 Å². The van der Waals surface area contributed by atoms with Gasteiger partial charge in [0.05, 0.1) is 0 Å². The van der Waals surface area contributed by atoms with Gasteiger partial charge in [0.15, 0.2) is 0 Å². The molecule has 0 saturated carbocycles. The third-order valence-corrected chi connectivity index (χ3v) is 2.93. The lowest BCUT2D eigenvalue weighted by molar-refractivity contribution is 0.303. The van der Waals surface area contributed by atoms with E-state index in [1.54, 1.807) is 0 Å². The lowest BCUT2D eigenvalue weighted by Crippen LogP contribution is -2.32. The molecular weight excluding hydrogens is 267 g/mol. The summed E-state index contributed by atoms with van der Waals surface area (Å²) in [5, 5.41) is 3.49. The van der Waals surface area contributed by atoms with E-state index in [4.69, 9.17) is 0 Å². The second kappa shape index (κ2) is 13.2. The Morgan fingerprint density at radius 2 is 1.56 bits per heavy atom. The first-order valence-corrected chi connectivity index (χ1v) is 6.33. The topological polar surface area (TPSA) is 15.3 Å². The van der Waals surface area contributed by atoms with Gasteiger partial charge in [-0.25, -0.2) is 0 Å². The van der Waals surface area contributed by atoms with Crippen LogP contribution in [0.2, 0.25) is 0 Å². The predicted octanol–water partition coefficient (Wildman–Crippen LogP) is 3.00. The minimum absolute atomic E-state index is 0. The Labute approximate surface area is 124 Å². The van der Waals surface area contributed by atoms with Gasteiger partial charge in [0.25, 0.3) is 0 Å². The molecule has 0 aliphatic carbocycles. The smallest absolute Gasteiger partial charge is 0.0107 e. The number of halogens is 2. The van der Waals surface area contributed by atoms with Crippen LogP contribution in [-0.2, 0) is 6.42 Å². The van der Waals surface area contributed by atoms with E-state index >= 15 is 0 Å². The van der Waals surface area contributed by atoms with Gasteiger partial charge in [-0.3, -0.25) is 0 Å². The summed E-state index contributed by atoms with van der Waals surface area (Å²) in [4.78, 5) is 2.44. The highest BCUT2D eigenvalue weighted by atomic mass is 35.5. The molecule has 0 aliphatic heterocycles. The Morgan fingerprint density at radius 3 is 2.11 bits per heavy atom. The number of nitrogens with zero attached hydrogens (tertiary/aromatic N) is 1. The van der Waals surface area contributed by atoms with Crippen LogP contribution >= 0.6 is 24.8 Å². The molecule has 18 heavy (non-hydrogen) atoms. The van der Waals surface area contributed by atoms with Gasteiger partial charge in [-0.05, 0) is 31.6 Å². The minimum atomic E-state index is 0. The van der Waals surface area contributed by atoms with Crippen LogP contribution in [0.25, 0.3) is 0 Å². The number of hydrogen-bond acceptors (Lipinski definition) is 2. The Balaban J connectivity index is 0. The molecule has 0 aromatic heterocycles. The quantitative estimate of drug-likeness (QED) is 0.741. The Kier molecular flexibility index (Phi) is 14.7. The third-order valence-electron chi connectivity index (χ3n) is 2.93. The van der Waals surface area contributed by atoms with Crippen LogP contribution in [0.15, 0.2) is 30.3 Å². The molecular formula is C14H26Cl2N2. The van der Waals surface area contributed by atoms with Crippen LogP contribution in [0.5, 0.6) is 0 Å². The van der Waals surface area contributed by atoms with Crippen molar-refractivity contribution in [3.05, 3.63) is 35.9 Å². The summed E-state index contributed by atoms with van der Waals surface area (Å²) in [5.41, 5.74) is 1.41. The average molecular weight is 293 g/mol. The lowest BCUT2D eigenvalue weighted by atomic mass is 10.1. The number of benzene rings is 1. The number of rotatable bonds is 8. The standard InChI is InChI=1S/C14H24N2.2ClH/c1-3-16(4-2)13-12-15-11-10-14-8-6-5-7-9-14;;/h5-9,15H,3-4,10-13H2,1-2H3;2*1H.